The van der Waals surface area contributed by atoms with Crippen molar-refractivity contribution in [2.75, 3.05) is 0 Å². The summed E-state index contributed by atoms with van der Waals surface area (Å²) in [6.07, 6.45) is 0. The zero-order valence-electron chi connectivity index (χ0n) is 7.62. The molecule has 0 radical (unpaired) electrons. The first-order valence-corrected chi connectivity index (χ1v) is 5.09. The summed E-state index contributed by atoms with van der Waals surface area (Å²) in [6, 6.07) is 5.86. The summed E-state index contributed by atoms with van der Waals surface area (Å²) in [4.78, 5) is 1.07. The second-order valence-corrected chi connectivity index (χ2v) is 4.17. The summed E-state index contributed by atoms with van der Waals surface area (Å²) in [5.74, 6) is -0.212. The normalized spacial score (nSPS) is 10.4. The summed E-state index contributed by atoms with van der Waals surface area (Å²) >= 11 is 1.58. The number of hydrogen-bond donors (Lipinski definition) is 1. The summed E-state index contributed by atoms with van der Waals surface area (Å²) < 4.78 is 13.0. The fraction of sp³-hybridized carbons (Fsp3) is 0.0909. The van der Waals surface area contributed by atoms with Crippen LogP contribution in [-0.2, 0) is 0 Å². The van der Waals surface area contributed by atoms with Crippen LogP contribution >= 0.6 is 11.3 Å². The minimum absolute atomic E-state index is 0.118. The lowest BCUT2D eigenvalue weighted by Crippen LogP contribution is -1.81. The predicted molar refractivity (Wildman–Crippen MR) is 56.1 cm³/mol. The van der Waals surface area contributed by atoms with Crippen molar-refractivity contribution in [1.82, 2.24) is 0 Å². The highest BCUT2D eigenvalue weighted by Crippen LogP contribution is 2.34. The van der Waals surface area contributed by atoms with Gasteiger partial charge in [0, 0.05) is 10.4 Å². The van der Waals surface area contributed by atoms with Crippen molar-refractivity contribution in [2.45, 2.75) is 6.92 Å². The number of aromatic hydroxyl groups is 1. The van der Waals surface area contributed by atoms with Crippen LogP contribution in [0.1, 0.15) is 4.88 Å². The van der Waals surface area contributed by atoms with Crippen molar-refractivity contribution in [3.8, 4) is 16.9 Å². The molecule has 14 heavy (non-hydrogen) atoms. The zero-order valence-corrected chi connectivity index (χ0v) is 8.44. The van der Waals surface area contributed by atoms with Crippen molar-refractivity contribution < 1.29 is 9.50 Å². The number of halogens is 1. The fourth-order valence-electron chi connectivity index (χ4n) is 1.39. The number of benzene rings is 1. The van der Waals surface area contributed by atoms with Crippen molar-refractivity contribution in [3.63, 3.8) is 0 Å². The molecule has 0 amide bonds. The van der Waals surface area contributed by atoms with Gasteiger partial charge in [0.15, 0.2) is 0 Å². The first kappa shape index (κ1) is 9.21. The van der Waals surface area contributed by atoms with Crippen molar-refractivity contribution in [2.24, 2.45) is 0 Å². The minimum atomic E-state index is -0.330. The topological polar surface area (TPSA) is 20.2 Å². The van der Waals surface area contributed by atoms with Gasteiger partial charge < -0.3 is 5.11 Å². The van der Waals surface area contributed by atoms with Crippen LogP contribution in [0.3, 0.4) is 0 Å². The number of phenolic OH excluding ortho intramolecular Hbond substituents is 1. The SMILES string of the molecule is Cc1sccc1-c1cc(F)ccc1O. The lowest BCUT2D eigenvalue weighted by molar-refractivity contribution is 0.475. The maximum Gasteiger partial charge on any atom is 0.124 e. The molecule has 72 valence electrons. The van der Waals surface area contributed by atoms with Crippen molar-refractivity contribution >= 4 is 11.3 Å². The monoisotopic (exact) mass is 208 g/mol. The highest BCUT2D eigenvalue weighted by Gasteiger charge is 2.08. The molecule has 1 aromatic heterocycles. The average Bonchev–Trinajstić information content (AvgIpc) is 2.56. The van der Waals surface area contributed by atoms with Crippen LogP contribution in [0.15, 0.2) is 29.6 Å². The number of thiophene rings is 1. The molecule has 0 fully saturated rings. The molecule has 0 spiro atoms. The van der Waals surface area contributed by atoms with Crippen LogP contribution in [0.5, 0.6) is 5.75 Å². The summed E-state index contributed by atoms with van der Waals surface area (Å²) in [5.41, 5.74) is 1.45. The van der Waals surface area contributed by atoms with Crippen LogP contribution in [0.25, 0.3) is 11.1 Å². The second-order valence-electron chi connectivity index (χ2n) is 3.05. The molecule has 1 nitrogen and oxygen atoms in total. The number of aryl methyl sites for hydroxylation is 1. The Kier molecular flexibility index (Phi) is 2.25. The Morgan fingerprint density at radius 1 is 1.21 bits per heavy atom. The lowest BCUT2D eigenvalue weighted by Gasteiger charge is -2.03. The molecule has 0 atom stereocenters. The molecule has 0 saturated heterocycles. The second kappa shape index (κ2) is 3.42. The third kappa shape index (κ3) is 1.51. The van der Waals surface area contributed by atoms with Gasteiger partial charge in [0.2, 0.25) is 0 Å². The van der Waals surface area contributed by atoms with Gasteiger partial charge in [-0.3, -0.25) is 0 Å². The third-order valence-electron chi connectivity index (χ3n) is 2.11. The molecule has 0 saturated carbocycles. The van der Waals surface area contributed by atoms with Crippen LogP contribution in [0, 0.1) is 12.7 Å². The van der Waals surface area contributed by atoms with E-state index in [-0.39, 0.29) is 11.6 Å². The summed E-state index contributed by atoms with van der Waals surface area (Å²) in [6.45, 7) is 1.95. The third-order valence-corrected chi connectivity index (χ3v) is 2.95. The van der Waals surface area contributed by atoms with E-state index in [1.165, 1.54) is 18.2 Å². The highest BCUT2D eigenvalue weighted by molar-refractivity contribution is 7.10. The van der Waals surface area contributed by atoms with Gasteiger partial charge in [-0.05, 0) is 42.1 Å². The van der Waals surface area contributed by atoms with E-state index in [0.29, 0.717) is 5.56 Å². The van der Waals surface area contributed by atoms with Gasteiger partial charge >= 0.3 is 0 Å². The Bertz CT molecular complexity index is 462. The number of hydrogen-bond acceptors (Lipinski definition) is 2. The number of rotatable bonds is 1. The average molecular weight is 208 g/mol. The van der Waals surface area contributed by atoms with E-state index in [2.05, 4.69) is 0 Å². The largest absolute Gasteiger partial charge is 0.507 e. The smallest absolute Gasteiger partial charge is 0.124 e. The Hall–Kier alpha value is -1.35. The molecular formula is C11H9FOS. The maximum absolute atomic E-state index is 13.0. The molecule has 0 aliphatic rings. The van der Waals surface area contributed by atoms with E-state index in [4.69, 9.17) is 0 Å². The van der Waals surface area contributed by atoms with Gasteiger partial charge in [-0.1, -0.05) is 0 Å². The van der Waals surface area contributed by atoms with Gasteiger partial charge in [0.25, 0.3) is 0 Å². The van der Waals surface area contributed by atoms with Crippen molar-refractivity contribution in [3.05, 3.63) is 40.3 Å². The van der Waals surface area contributed by atoms with Crippen LogP contribution in [0.2, 0.25) is 0 Å². The maximum atomic E-state index is 13.0. The zero-order chi connectivity index (χ0) is 10.1. The number of phenols is 1. The molecule has 3 heteroatoms. The van der Waals surface area contributed by atoms with E-state index in [1.807, 2.05) is 18.4 Å². The molecule has 0 bridgehead atoms. The van der Waals surface area contributed by atoms with Crippen LogP contribution in [-0.4, -0.2) is 5.11 Å². The van der Waals surface area contributed by atoms with Gasteiger partial charge in [0.1, 0.15) is 11.6 Å². The molecule has 0 unspecified atom stereocenters. The molecule has 0 aliphatic carbocycles. The lowest BCUT2D eigenvalue weighted by atomic mass is 10.1. The summed E-state index contributed by atoms with van der Waals surface area (Å²) in [7, 11) is 0. The standard InChI is InChI=1S/C11H9FOS/c1-7-9(4-5-14-7)10-6-8(12)2-3-11(10)13/h2-6,13H,1H3. The highest BCUT2D eigenvalue weighted by atomic mass is 32.1. The van der Waals surface area contributed by atoms with Crippen molar-refractivity contribution in [1.29, 1.82) is 0 Å². The van der Waals surface area contributed by atoms with Gasteiger partial charge in [-0.15, -0.1) is 11.3 Å². The Labute approximate surface area is 85.5 Å². The minimum Gasteiger partial charge on any atom is -0.507 e. The van der Waals surface area contributed by atoms with E-state index < -0.39 is 0 Å². The van der Waals surface area contributed by atoms with E-state index >= 15 is 0 Å². The van der Waals surface area contributed by atoms with Gasteiger partial charge in [-0.25, -0.2) is 4.39 Å². The molecular weight excluding hydrogens is 199 g/mol. The predicted octanol–water partition coefficient (Wildman–Crippen LogP) is 3.57. The van der Waals surface area contributed by atoms with E-state index in [1.54, 1.807) is 11.3 Å². The Balaban J connectivity index is 2.62. The first-order chi connectivity index (χ1) is 6.68. The van der Waals surface area contributed by atoms with Crippen LogP contribution < -0.4 is 0 Å². The van der Waals surface area contributed by atoms with Gasteiger partial charge in [0.05, 0.1) is 0 Å². The van der Waals surface area contributed by atoms with Crippen LogP contribution in [0.4, 0.5) is 4.39 Å². The van der Waals surface area contributed by atoms with E-state index in [9.17, 15) is 9.50 Å². The Morgan fingerprint density at radius 2 is 2.00 bits per heavy atom. The quantitative estimate of drug-likeness (QED) is 0.759. The Morgan fingerprint density at radius 3 is 2.64 bits per heavy atom. The first-order valence-electron chi connectivity index (χ1n) is 4.21. The fourth-order valence-corrected chi connectivity index (χ4v) is 2.10. The molecule has 2 rings (SSSR count). The molecule has 1 N–H and O–H groups in total. The van der Waals surface area contributed by atoms with Gasteiger partial charge in [-0.2, -0.15) is 0 Å². The molecule has 1 heterocycles. The molecule has 0 aliphatic heterocycles. The van der Waals surface area contributed by atoms with E-state index in [0.717, 1.165) is 10.4 Å². The molecule has 2 aromatic rings. The molecule has 1 aromatic carbocycles. The summed E-state index contributed by atoms with van der Waals surface area (Å²) in [5, 5.41) is 11.5.